The Morgan fingerprint density at radius 2 is 2.17 bits per heavy atom. The number of fused-ring (bicyclic) bond motifs is 1. The SMILES string of the molecule is CCn1cc(CC(=O)OC[C@H]2COC(C)(C)O2)c2ccccc21. The molecule has 0 radical (unpaired) electrons. The van der Waals surface area contributed by atoms with Gasteiger partial charge in [0.2, 0.25) is 0 Å². The molecule has 0 saturated carbocycles. The molecule has 0 amide bonds. The molecule has 3 rings (SSSR count). The van der Waals surface area contributed by atoms with Gasteiger partial charge in [-0.2, -0.15) is 0 Å². The number of esters is 1. The van der Waals surface area contributed by atoms with Crippen LogP contribution in [-0.4, -0.2) is 35.6 Å². The number of nitrogens with zero attached hydrogens (tertiary/aromatic N) is 1. The smallest absolute Gasteiger partial charge is 0.310 e. The maximum absolute atomic E-state index is 12.1. The summed E-state index contributed by atoms with van der Waals surface area (Å²) < 4.78 is 18.6. The van der Waals surface area contributed by atoms with Crippen LogP contribution in [0.2, 0.25) is 0 Å². The summed E-state index contributed by atoms with van der Waals surface area (Å²) in [6, 6.07) is 8.11. The normalized spacial score (nSPS) is 20.0. The zero-order chi connectivity index (χ0) is 16.4. The lowest BCUT2D eigenvalue weighted by atomic mass is 10.1. The molecule has 124 valence electrons. The van der Waals surface area contributed by atoms with Gasteiger partial charge in [-0.3, -0.25) is 4.79 Å². The molecule has 1 fully saturated rings. The Balaban J connectivity index is 1.62. The van der Waals surface area contributed by atoms with Gasteiger partial charge in [0.1, 0.15) is 12.7 Å². The number of carbonyl (C=O) groups is 1. The number of hydrogen-bond acceptors (Lipinski definition) is 4. The first kappa shape index (κ1) is 16.0. The summed E-state index contributed by atoms with van der Waals surface area (Å²) in [4.78, 5) is 12.1. The van der Waals surface area contributed by atoms with E-state index >= 15 is 0 Å². The van der Waals surface area contributed by atoms with E-state index in [1.54, 1.807) is 0 Å². The number of benzene rings is 1. The van der Waals surface area contributed by atoms with Crippen molar-refractivity contribution in [3.8, 4) is 0 Å². The molecule has 0 N–H and O–H groups in total. The molecule has 1 aromatic carbocycles. The third-order valence-corrected chi connectivity index (χ3v) is 4.04. The van der Waals surface area contributed by atoms with E-state index in [4.69, 9.17) is 14.2 Å². The summed E-state index contributed by atoms with van der Waals surface area (Å²) in [6.45, 7) is 7.36. The van der Waals surface area contributed by atoms with E-state index in [0.29, 0.717) is 6.61 Å². The standard InChI is InChI=1S/C18H23NO4/c1-4-19-10-13(15-7-5-6-8-16(15)19)9-17(20)21-11-14-12-22-18(2,3)23-14/h5-8,10,14H,4,9,11-12H2,1-3H3/t14-/m0/s1. The van der Waals surface area contributed by atoms with Crippen LogP contribution in [0.5, 0.6) is 0 Å². The second-order valence-electron chi connectivity index (χ2n) is 6.27. The summed E-state index contributed by atoms with van der Waals surface area (Å²) in [5, 5.41) is 1.10. The molecule has 2 aromatic rings. The van der Waals surface area contributed by atoms with Crippen LogP contribution >= 0.6 is 0 Å². The van der Waals surface area contributed by atoms with Crippen molar-refractivity contribution < 1.29 is 19.0 Å². The molecule has 0 bridgehead atoms. The van der Waals surface area contributed by atoms with Crippen molar-refractivity contribution >= 4 is 16.9 Å². The van der Waals surface area contributed by atoms with E-state index in [-0.39, 0.29) is 25.1 Å². The van der Waals surface area contributed by atoms with E-state index in [1.807, 2.05) is 38.2 Å². The van der Waals surface area contributed by atoms with Crippen LogP contribution in [0.4, 0.5) is 0 Å². The maximum atomic E-state index is 12.1. The minimum absolute atomic E-state index is 0.189. The first-order valence-electron chi connectivity index (χ1n) is 8.02. The molecule has 0 spiro atoms. The van der Waals surface area contributed by atoms with Gasteiger partial charge in [-0.1, -0.05) is 18.2 Å². The highest BCUT2D eigenvalue weighted by Crippen LogP contribution is 2.24. The number of rotatable bonds is 5. The summed E-state index contributed by atoms with van der Waals surface area (Å²) in [6.07, 6.45) is 2.11. The monoisotopic (exact) mass is 317 g/mol. The lowest BCUT2D eigenvalue weighted by Crippen LogP contribution is -2.25. The summed E-state index contributed by atoms with van der Waals surface area (Å²) >= 11 is 0. The Bertz CT molecular complexity index is 704. The fourth-order valence-corrected chi connectivity index (χ4v) is 2.96. The van der Waals surface area contributed by atoms with Crippen molar-refractivity contribution in [2.24, 2.45) is 0 Å². The van der Waals surface area contributed by atoms with E-state index < -0.39 is 5.79 Å². The topological polar surface area (TPSA) is 49.7 Å². The Kier molecular flexibility index (Phi) is 4.41. The quantitative estimate of drug-likeness (QED) is 0.796. The molecule has 2 heterocycles. The third kappa shape index (κ3) is 3.57. The van der Waals surface area contributed by atoms with E-state index in [1.165, 1.54) is 0 Å². The van der Waals surface area contributed by atoms with E-state index in [2.05, 4.69) is 17.6 Å². The Morgan fingerprint density at radius 3 is 2.87 bits per heavy atom. The molecular weight excluding hydrogens is 294 g/mol. The van der Waals surface area contributed by atoms with Crippen molar-refractivity contribution in [2.75, 3.05) is 13.2 Å². The lowest BCUT2D eigenvalue weighted by molar-refractivity contribution is -0.157. The fourth-order valence-electron chi connectivity index (χ4n) is 2.96. The highest BCUT2D eigenvalue weighted by Gasteiger charge is 2.33. The number of hydrogen-bond donors (Lipinski definition) is 0. The van der Waals surface area contributed by atoms with Crippen LogP contribution in [0.3, 0.4) is 0 Å². The number of aromatic nitrogens is 1. The molecule has 23 heavy (non-hydrogen) atoms. The van der Waals surface area contributed by atoms with Crippen LogP contribution in [0, 0.1) is 0 Å². The van der Waals surface area contributed by atoms with Gasteiger partial charge < -0.3 is 18.8 Å². The second-order valence-corrected chi connectivity index (χ2v) is 6.27. The van der Waals surface area contributed by atoms with Crippen LogP contribution in [0.25, 0.3) is 10.9 Å². The van der Waals surface area contributed by atoms with Crippen molar-refractivity contribution in [2.45, 2.75) is 45.6 Å². The van der Waals surface area contributed by atoms with Crippen LogP contribution in [-0.2, 0) is 32.0 Å². The molecule has 0 unspecified atom stereocenters. The summed E-state index contributed by atoms with van der Waals surface area (Å²) in [7, 11) is 0. The lowest BCUT2D eigenvalue weighted by Gasteiger charge is -2.16. The van der Waals surface area contributed by atoms with Gasteiger partial charge >= 0.3 is 5.97 Å². The largest absolute Gasteiger partial charge is 0.463 e. The zero-order valence-electron chi connectivity index (χ0n) is 13.9. The van der Waals surface area contributed by atoms with Crippen molar-refractivity contribution in [3.05, 3.63) is 36.0 Å². The van der Waals surface area contributed by atoms with Gasteiger partial charge in [-0.25, -0.2) is 0 Å². The molecule has 0 aliphatic carbocycles. The zero-order valence-corrected chi connectivity index (χ0v) is 13.9. The van der Waals surface area contributed by atoms with Crippen molar-refractivity contribution in [1.82, 2.24) is 4.57 Å². The predicted octanol–water partition coefficient (Wildman–Crippen LogP) is 2.90. The number of para-hydroxylation sites is 1. The first-order valence-corrected chi connectivity index (χ1v) is 8.02. The maximum Gasteiger partial charge on any atom is 0.310 e. The minimum Gasteiger partial charge on any atom is -0.463 e. The summed E-state index contributed by atoms with van der Waals surface area (Å²) in [5.41, 5.74) is 2.14. The molecular formula is C18H23NO4. The van der Waals surface area contributed by atoms with Gasteiger partial charge in [-0.05, 0) is 32.4 Å². The number of ether oxygens (including phenoxy) is 3. The van der Waals surface area contributed by atoms with Gasteiger partial charge in [0.15, 0.2) is 5.79 Å². The van der Waals surface area contributed by atoms with Crippen molar-refractivity contribution in [1.29, 1.82) is 0 Å². The summed E-state index contributed by atoms with van der Waals surface area (Å²) in [5.74, 6) is -0.830. The highest BCUT2D eigenvalue weighted by molar-refractivity contribution is 5.87. The Hall–Kier alpha value is -1.85. The van der Waals surface area contributed by atoms with Gasteiger partial charge in [-0.15, -0.1) is 0 Å². The number of carbonyl (C=O) groups excluding carboxylic acids is 1. The average molecular weight is 317 g/mol. The minimum atomic E-state index is -0.592. The molecule has 1 saturated heterocycles. The Labute approximate surface area is 136 Å². The molecule has 1 atom stereocenters. The molecule has 5 heteroatoms. The van der Waals surface area contributed by atoms with Crippen LogP contribution in [0.15, 0.2) is 30.5 Å². The molecule has 1 aromatic heterocycles. The Morgan fingerprint density at radius 1 is 1.39 bits per heavy atom. The van der Waals surface area contributed by atoms with Crippen LogP contribution in [0.1, 0.15) is 26.3 Å². The van der Waals surface area contributed by atoms with Gasteiger partial charge in [0.25, 0.3) is 0 Å². The molecule has 5 nitrogen and oxygen atoms in total. The van der Waals surface area contributed by atoms with E-state index in [0.717, 1.165) is 23.0 Å². The first-order chi connectivity index (χ1) is 11.0. The third-order valence-electron chi connectivity index (χ3n) is 4.04. The fraction of sp³-hybridized carbons (Fsp3) is 0.500. The van der Waals surface area contributed by atoms with E-state index in [9.17, 15) is 4.79 Å². The molecule has 1 aliphatic heterocycles. The number of aryl methyl sites for hydroxylation is 1. The molecule has 1 aliphatic rings. The van der Waals surface area contributed by atoms with Gasteiger partial charge in [0.05, 0.1) is 13.0 Å². The average Bonchev–Trinajstić information content (AvgIpc) is 3.06. The van der Waals surface area contributed by atoms with Crippen molar-refractivity contribution in [3.63, 3.8) is 0 Å². The highest BCUT2D eigenvalue weighted by atomic mass is 16.7. The second kappa shape index (κ2) is 6.34. The predicted molar refractivity (Wildman–Crippen MR) is 87.2 cm³/mol. The van der Waals surface area contributed by atoms with Crippen LogP contribution < -0.4 is 0 Å². The van der Waals surface area contributed by atoms with Gasteiger partial charge in [0, 0.05) is 23.6 Å².